The molecule has 2 amide bonds. The Hall–Kier alpha value is -1.38. The zero-order chi connectivity index (χ0) is 17.7. The van der Waals surface area contributed by atoms with Gasteiger partial charge in [0, 0.05) is 25.3 Å². The maximum atomic E-state index is 11.6. The van der Waals surface area contributed by atoms with Crippen molar-refractivity contribution in [2.75, 3.05) is 32.9 Å². The van der Waals surface area contributed by atoms with E-state index in [0.717, 1.165) is 12.5 Å². The molecule has 0 heterocycles. The molecule has 0 aromatic carbocycles. The maximum absolute atomic E-state index is 11.6. The number of carbonyl (C=O) groups is 2. The van der Waals surface area contributed by atoms with Gasteiger partial charge in [-0.2, -0.15) is 0 Å². The summed E-state index contributed by atoms with van der Waals surface area (Å²) < 4.78 is 16.3. The molecule has 134 valence electrons. The fraction of sp³-hybridized carbons (Fsp3) is 0.733. The molecule has 0 saturated heterocycles. The average Bonchev–Trinajstić information content (AvgIpc) is 2.48. The van der Waals surface area contributed by atoms with Gasteiger partial charge in [-0.3, -0.25) is 0 Å². The van der Waals surface area contributed by atoms with Gasteiger partial charge in [-0.15, -0.1) is 0 Å². The second-order valence-corrected chi connectivity index (χ2v) is 8.55. The van der Waals surface area contributed by atoms with Gasteiger partial charge < -0.3 is 24.2 Å². The Labute approximate surface area is 140 Å². The summed E-state index contributed by atoms with van der Waals surface area (Å²) in [6, 6.07) is 0.540. The van der Waals surface area contributed by atoms with Crippen LogP contribution in [-0.2, 0) is 18.4 Å². The molecule has 0 aromatic heterocycles. The number of carbonyl (C=O) groups excluding carboxylic acids is 2. The lowest BCUT2D eigenvalue weighted by Crippen LogP contribution is -2.41. The van der Waals surface area contributed by atoms with Gasteiger partial charge in [0.1, 0.15) is 6.61 Å². The number of nitrogens with one attached hydrogen (secondary N) is 2. The van der Waals surface area contributed by atoms with Gasteiger partial charge in [0.2, 0.25) is 0 Å². The van der Waals surface area contributed by atoms with Gasteiger partial charge in [-0.05, 0) is 39.8 Å². The van der Waals surface area contributed by atoms with Crippen molar-refractivity contribution >= 4 is 20.6 Å². The van der Waals surface area contributed by atoms with Crippen molar-refractivity contribution in [1.82, 2.24) is 10.6 Å². The molecule has 0 rings (SSSR count). The van der Waals surface area contributed by atoms with Crippen molar-refractivity contribution in [3.63, 3.8) is 0 Å². The van der Waals surface area contributed by atoms with E-state index in [0.29, 0.717) is 25.3 Å². The van der Waals surface area contributed by atoms with Crippen molar-refractivity contribution in [2.24, 2.45) is 0 Å². The van der Waals surface area contributed by atoms with Crippen molar-refractivity contribution < 1.29 is 23.2 Å². The topological polar surface area (TPSA) is 85.9 Å². The number of hydrogen-bond donors (Lipinski definition) is 2. The first-order valence-corrected chi connectivity index (χ1v) is 10.5. The van der Waals surface area contributed by atoms with Crippen molar-refractivity contribution in [1.29, 1.82) is 0 Å². The molecule has 0 aliphatic carbocycles. The van der Waals surface area contributed by atoms with Gasteiger partial charge in [0.05, 0.1) is 6.54 Å². The molecule has 8 heteroatoms. The van der Waals surface area contributed by atoms with E-state index in [-0.39, 0.29) is 19.2 Å². The molecule has 0 aromatic rings. The van der Waals surface area contributed by atoms with Crippen LogP contribution in [0.5, 0.6) is 0 Å². The Balaban J connectivity index is 3.77. The Morgan fingerprint density at radius 3 is 2.17 bits per heavy atom. The van der Waals surface area contributed by atoms with E-state index in [4.69, 9.17) is 13.6 Å². The van der Waals surface area contributed by atoms with Crippen LogP contribution in [-0.4, -0.2) is 53.5 Å². The maximum Gasteiger partial charge on any atom is 0.334 e. The van der Waals surface area contributed by atoms with Crippen LogP contribution in [0, 0.1) is 0 Å². The number of urea groups is 1. The van der Waals surface area contributed by atoms with Crippen LogP contribution in [0.15, 0.2) is 12.2 Å². The fourth-order valence-electron chi connectivity index (χ4n) is 1.90. The quantitative estimate of drug-likeness (QED) is 0.244. The fourth-order valence-corrected chi connectivity index (χ4v) is 4.31. The van der Waals surface area contributed by atoms with Crippen molar-refractivity contribution in [2.45, 2.75) is 39.8 Å². The summed E-state index contributed by atoms with van der Waals surface area (Å²) in [7, 11) is -2.11. The molecule has 0 radical (unpaired) electrons. The first kappa shape index (κ1) is 21.6. The van der Waals surface area contributed by atoms with Crippen LogP contribution in [0.3, 0.4) is 0 Å². The number of amides is 2. The molecular weight excluding hydrogens is 316 g/mol. The number of rotatable bonds is 12. The molecule has 0 aliphatic rings. The van der Waals surface area contributed by atoms with Gasteiger partial charge >= 0.3 is 20.6 Å². The van der Waals surface area contributed by atoms with Crippen LogP contribution >= 0.6 is 0 Å². The normalized spacial score (nSPS) is 11.0. The summed E-state index contributed by atoms with van der Waals surface area (Å²) in [5, 5.41) is 5.37. The van der Waals surface area contributed by atoms with Crippen molar-refractivity contribution in [3.8, 4) is 0 Å². The molecule has 0 aliphatic heterocycles. The number of esters is 1. The average molecular weight is 347 g/mol. The van der Waals surface area contributed by atoms with Gasteiger partial charge in [0.25, 0.3) is 0 Å². The summed E-state index contributed by atoms with van der Waals surface area (Å²) in [5.41, 5.74) is 0.338. The Kier molecular flexibility index (Phi) is 11.4. The molecular formula is C15H30N2O5Si. The largest absolute Gasteiger partial charge is 0.460 e. The summed E-state index contributed by atoms with van der Waals surface area (Å²) in [4.78, 5) is 22.7. The molecule has 0 fully saturated rings. The molecule has 0 saturated carbocycles. The minimum atomic E-state index is -2.11. The monoisotopic (exact) mass is 346 g/mol. The van der Waals surface area contributed by atoms with Gasteiger partial charge in [-0.25, -0.2) is 9.59 Å². The summed E-state index contributed by atoms with van der Waals surface area (Å²) in [6.07, 6.45) is 0.792. The van der Waals surface area contributed by atoms with E-state index in [2.05, 4.69) is 17.2 Å². The van der Waals surface area contributed by atoms with E-state index in [9.17, 15) is 9.59 Å². The van der Waals surface area contributed by atoms with E-state index < -0.39 is 14.5 Å². The zero-order valence-corrected chi connectivity index (χ0v) is 15.7. The molecule has 0 bridgehead atoms. The van der Waals surface area contributed by atoms with Crippen LogP contribution in [0.2, 0.25) is 12.6 Å². The Morgan fingerprint density at radius 2 is 1.65 bits per heavy atom. The summed E-state index contributed by atoms with van der Waals surface area (Å²) in [5.74, 6) is -0.455. The molecule has 2 N–H and O–H groups in total. The van der Waals surface area contributed by atoms with Crippen LogP contribution in [0.25, 0.3) is 0 Å². The summed E-state index contributed by atoms with van der Waals surface area (Å²) in [6.45, 7) is 13.2. The molecule has 23 heavy (non-hydrogen) atoms. The van der Waals surface area contributed by atoms with E-state index in [1.807, 2.05) is 20.4 Å². The smallest absolute Gasteiger partial charge is 0.334 e. The highest BCUT2D eigenvalue weighted by Gasteiger charge is 2.29. The van der Waals surface area contributed by atoms with Gasteiger partial charge in [0.15, 0.2) is 0 Å². The van der Waals surface area contributed by atoms with Gasteiger partial charge in [-0.1, -0.05) is 6.58 Å². The number of ether oxygens (including phenoxy) is 1. The van der Waals surface area contributed by atoms with E-state index in [1.165, 1.54) is 0 Å². The lowest BCUT2D eigenvalue weighted by molar-refractivity contribution is -0.138. The highest BCUT2D eigenvalue weighted by atomic mass is 28.4. The van der Waals surface area contributed by atoms with E-state index >= 15 is 0 Å². The zero-order valence-electron chi connectivity index (χ0n) is 14.7. The molecule has 0 spiro atoms. The number of hydrogen-bond acceptors (Lipinski definition) is 5. The second-order valence-electron chi connectivity index (χ2n) is 5.20. The Bertz CT molecular complexity index is 384. The molecule has 7 nitrogen and oxygen atoms in total. The third-order valence-electron chi connectivity index (χ3n) is 2.96. The molecule has 0 atom stereocenters. The SMILES string of the molecule is C=C(C)C(=O)OCCNC(=O)NCCC[Si](C)(OCC)OCC. The molecule has 0 unspecified atom stereocenters. The first-order chi connectivity index (χ1) is 10.8. The highest BCUT2D eigenvalue weighted by Crippen LogP contribution is 2.15. The third kappa shape index (κ3) is 10.9. The van der Waals surface area contributed by atoms with E-state index in [1.54, 1.807) is 6.92 Å². The standard InChI is InChI=1S/C15H30N2O5Si/c1-6-21-23(5,22-7-2)12-8-9-16-15(19)17-10-11-20-14(18)13(3)4/h3,6-12H2,1-2,4-5H3,(H2,16,17,19). The summed E-state index contributed by atoms with van der Waals surface area (Å²) >= 11 is 0. The van der Waals surface area contributed by atoms with Crippen molar-refractivity contribution in [3.05, 3.63) is 12.2 Å². The predicted molar refractivity (Wildman–Crippen MR) is 91.5 cm³/mol. The minimum absolute atomic E-state index is 0.124. The minimum Gasteiger partial charge on any atom is -0.460 e. The van der Waals surface area contributed by atoms with Crippen LogP contribution in [0.1, 0.15) is 27.2 Å². The lowest BCUT2D eigenvalue weighted by Gasteiger charge is -2.25. The predicted octanol–water partition coefficient (Wildman–Crippen LogP) is 1.94. The van der Waals surface area contributed by atoms with Crippen LogP contribution < -0.4 is 10.6 Å². The second kappa shape index (κ2) is 12.1. The van der Waals surface area contributed by atoms with Crippen LogP contribution in [0.4, 0.5) is 4.79 Å². The first-order valence-electron chi connectivity index (χ1n) is 7.97. The Morgan fingerprint density at radius 1 is 1.09 bits per heavy atom. The third-order valence-corrected chi connectivity index (χ3v) is 6.02. The lowest BCUT2D eigenvalue weighted by atomic mass is 10.4. The highest BCUT2D eigenvalue weighted by molar-refractivity contribution is 6.66.